The number of hydrogen-bond donors (Lipinski definition) is 1. The summed E-state index contributed by atoms with van der Waals surface area (Å²) in [6, 6.07) is 14.1. The third-order valence-corrected chi connectivity index (χ3v) is 5.62. The highest BCUT2D eigenvalue weighted by molar-refractivity contribution is 7.18. The van der Waals surface area contributed by atoms with Crippen molar-refractivity contribution in [3.8, 4) is 5.69 Å². The van der Waals surface area contributed by atoms with Crippen LogP contribution in [0.3, 0.4) is 0 Å². The molecule has 1 amide bonds. The fourth-order valence-electron chi connectivity index (χ4n) is 3.12. The molecule has 0 radical (unpaired) electrons. The van der Waals surface area contributed by atoms with Gasteiger partial charge in [0.25, 0.3) is 5.91 Å². The molecule has 28 heavy (non-hydrogen) atoms. The van der Waals surface area contributed by atoms with Gasteiger partial charge in [-0.25, -0.2) is 4.98 Å². The van der Waals surface area contributed by atoms with E-state index in [0.29, 0.717) is 24.4 Å². The van der Waals surface area contributed by atoms with Gasteiger partial charge in [0.05, 0.1) is 26.6 Å². The van der Waals surface area contributed by atoms with E-state index in [4.69, 9.17) is 0 Å². The van der Waals surface area contributed by atoms with E-state index in [9.17, 15) is 4.79 Å². The number of benzene rings is 2. The lowest BCUT2D eigenvalue weighted by Gasteiger charge is -2.05. The average Bonchev–Trinajstić information content (AvgIpc) is 3.24. The molecule has 0 aliphatic heterocycles. The van der Waals surface area contributed by atoms with Crippen molar-refractivity contribution >= 4 is 27.5 Å². The van der Waals surface area contributed by atoms with E-state index < -0.39 is 0 Å². The highest BCUT2D eigenvalue weighted by Gasteiger charge is 2.17. The molecule has 0 atom stereocenters. The number of nitrogens with one attached hydrogen (secondary N) is 1. The van der Waals surface area contributed by atoms with Crippen LogP contribution in [0.2, 0.25) is 0 Å². The van der Waals surface area contributed by atoms with E-state index in [1.165, 1.54) is 10.4 Å². The molecule has 1 N–H and O–H groups in total. The zero-order valence-corrected chi connectivity index (χ0v) is 16.9. The predicted octanol–water partition coefficient (Wildman–Crippen LogP) is 3.77. The molecule has 2 aromatic carbocycles. The molecule has 7 heteroatoms. The van der Waals surface area contributed by atoms with Gasteiger partial charge in [-0.1, -0.05) is 29.8 Å². The Morgan fingerprint density at radius 1 is 1.11 bits per heavy atom. The lowest BCUT2D eigenvalue weighted by atomic mass is 10.1. The standard InChI is InChI=1S/C21H21N5OS/c1-13-8-9-17(14(2)12-13)26-24-15(3)20(25-26)21(27)22-11-10-19-23-16-6-4-5-7-18(16)28-19/h4-9,12H,10-11H2,1-3H3,(H,22,27). The number of fused-ring (bicyclic) bond motifs is 1. The molecule has 6 nitrogen and oxygen atoms in total. The Hall–Kier alpha value is -3.06. The second kappa shape index (κ2) is 7.52. The topological polar surface area (TPSA) is 72.7 Å². The van der Waals surface area contributed by atoms with Crippen molar-refractivity contribution in [2.75, 3.05) is 6.54 Å². The first-order valence-electron chi connectivity index (χ1n) is 9.15. The van der Waals surface area contributed by atoms with Crippen molar-refractivity contribution in [2.45, 2.75) is 27.2 Å². The summed E-state index contributed by atoms with van der Waals surface area (Å²) in [5.74, 6) is -0.213. The molecule has 0 fully saturated rings. The Labute approximate surface area is 167 Å². The number of hydrogen-bond acceptors (Lipinski definition) is 5. The normalized spacial score (nSPS) is 11.1. The summed E-state index contributed by atoms with van der Waals surface area (Å²) in [6.07, 6.45) is 0.690. The monoisotopic (exact) mass is 391 g/mol. The third-order valence-electron chi connectivity index (χ3n) is 4.53. The molecule has 142 valence electrons. The van der Waals surface area contributed by atoms with Gasteiger partial charge in [-0.3, -0.25) is 4.79 Å². The van der Waals surface area contributed by atoms with Gasteiger partial charge in [-0.15, -0.1) is 16.4 Å². The van der Waals surface area contributed by atoms with Crippen molar-refractivity contribution in [3.05, 3.63) is 70.0 Å². The van der Waals surface area contributed by atoms with E-state index in [0.717, 1.165) is 26.5 Å². The molecule has 0 saturated heterocycles. The van der Waals surface area contributed by atoms with Gasteiger partial charge in [0.2, 0.25) is 0 Å². The van der Waals surface area contributed by atoms with Gasteiger partial charge in [-0.05, 0) is 44.5 Å². The number of thiazole rings is 1. The Bertz CT molecular complexity index is 1130. The zero-order chi connectivity index (χ0) is 19.7. The number of nitrogens with zero attached hydrogens (tertiary/aromatic N) is 4. The molecular weight excluding hydrogens is 370 g/mol. The Balaban J connectivity index is 1.44. The van der Waals surface area contributed by atoms with E-state index in [1.807, 2.05) is 44.2 Å². The number of carbonyl (C=O) groups excluding carboxylic acids is 1. The van der Waals surface area contributed by atoms with Gasteiger partial charge >= 0.3 is 0 Å². The second-order valence-corrected chi connectivity index (χ2v) is 7.91. The van der Waals surface area contributed by atoms with Crippen molar-refractivity contribution in [3.63, 3.8) is 0 Å². The molecule has 0 bridgehead atoms. The van der Waals surface area contributed by atoms with Crippen LogP contribution in [-0.2, 0) is 6.42 Å². The number of rotatable bonds is 5. The summed E-state index contributed by atoms with van der Waals surface area (Å²) in [6.45, 7) is 6.37. The van der Waals surface area contributed by atoms with E-state index >= 15 is 0 Å². The van der Waals surface area contributed by atoms with Crippen LogP contribution in [-0.4, -0.2) is 32.4 Å². The molecule has 4 rings (SSSR count). The first kappa shape index (κ1) is 18.3. The van der Waals surface area contributed by atoms with Crippen LogP contribution in [0.15, 0.2) is 42.5 Å². The quantitative estimate of drug-likeness (QED) is 0.562. The summed E-state index contributed by atoms with van der Waals surface area (Å²) < 4.78 is 1.16. The van der Waals surface area contributed by atoms with Gasteiger partial charge < -0.3 is 5.32 Å². The van der Waals surface area contributed by atoms with Crippen LogP contribution in [0.4, 0.5) is 0 Å². The lowest BCUT2D eigenvalue weighted by molar-refractivity contribution is 0.0948. The summed E-state index contributed by atoms with van der Waals surface area (Å²) >= 11 is 1.66. The van der Waals surface area contributed by atoms with Crippen LogP contribution in [0.1, 0.15) is 32.3 Å². The molecule has 0 aliphatic carbocycles. The maximum atomic E-state index is 12.6. The van der Waals surface area contributed by atoms with Gasteiger partial charge in [0.15, 0.2) is 5.69 Å². The minimum atomic E-state index is -0.213. The molecule has 0 unspecified atom stereocenters. The van der Waals surface area contributed by atoms with Gasteiger partial charge in [0.1, 0.15) is 0 Å². The molecule has 0 spiro atoms. The molecule has 2 heterocycles. The van der Waals surface area contributed by atoms with Crippen LogP contribution in [0.5, 0.6) is 0 Å². The SMILES string of the molecule is Cc1ccc(-n2nc(C)c(C(=O)NCCc3nc4ccccc4s3)n2)c(C)c1. The average molecular weight is 392 g/mol. The highest BCUT2D eigenvalue weighted by Crippen LogP contribution is 2.21. The first-order valence-corrected chi connectivity index (χ1v) is 9.97. The van der Waals surface area contributed by atoms with Crippen molar-refractivity contribution in [1.82, 2.24) is 25.3 Å². The van der Waals surface area contributed by atoms with Crippen molar-refractivity contribution in [1.29, 1.82) is 0 Å². The zero-order valence-electron chi connectivity index (χ0n) is 16.1. The number of para-hydroxylation sites is 1. The Kier molecular flexibility index (Phi) is 4.92. The van der Waals surface area contributed by atoms with Crippen LogP contribution in [0.25, 0.3) is 15.9 Å². The van der Waals surface area contributed by atoms with Crippen molar-refractivity contribution in [2.24, 2.45) is 0 Å². The molecule has 0 aliphatic rings. The van der Waals surface area contributed by atoms with Crippen LogP contribution in [0, 0.1) is 20.8 Å². The number of amides is 1. The van der Waals surface area contributed by atoms with Crippen LogP contribution < -0.4 is 5.32 Å². The third kappa shape index (κ3) is 3.66. The number of aryl methyl sites for hydroxylation is 3. The fraction of sp³-hybridized carbons (Fsp3) is 0.238. The smallest absolute Gasteiger partial charge is 0.273 e. The predicted molar refractivity (Wildman–Crippen MR) is 111 cm³/mol. The van der Waals surface area contributed by atoms with Crippen LogP contribution >= 0.6 is 11.3 Å². The van der Waals surface area contributed by atoms with Gasteiger partial charge in [-0.2, -0.15) is 9.90 Å². The number of carbonyl (C=O) groups is 1. The molecule has 2 aromatic heterocycles. The summed E-state index contributed by atoms with van der Waals surface area (Å²) in [4.78, 5) is 18.7. The fourth-order valence-corrected chi connectivity index (χ4v) is 4.09. The highest BCUT2D eigenvalue weighted by atomic mass is 32.1. The molecule has 4 aromatic rings. The van der Waals surface area contributed by atoms with E-state index in [-0.39, 0.29) is 5.91 Å². The van der Waals surface area contributed by atoms with Gasteiger partial charge in [0, 0.05) is 13.0 Å². The minimum absolute atomic E-state index is 0.213. The Morgan fingerprint density at radius 3 is 2.71 bits per heavy atom. The van der Waals surface area contributed by atoms with E-state index in [1.54, 1.807) is 18.3 Å². The molecule has 0 saturated carbocycles. The lowest BCUT2D eigenvalue weighted by Crippen LogP contribution is -2.26. The first-order chi connectivity index (χ1) is 13.5. The minimum Gasteiger partial charge on any atom is -0.350 e. The maximum absolute atomic E-state index is 12.6. The Morgan fingerprint density at radius 2 is 1.93 bits per heavy atom. The summed E-state index contributed by atoms with van der Waals surface area (Å²) in [7, 11) is 0. The van der Waals surface area contributed by atoms with E-state index in [2.05, 4.69) is 32.6 Å². The number of aromatic nitrogens is 4. The summed E-state index contributed by atoms with van der Waals surface area (Å²) in [5.41, 5.74) is 5.08. The van der Waals surface area contributed by atoms with Crippen molar-refractivity contribution < 1.29 is 4.79 Å². The second-order valence-electron chi connectivity index (χ2n) is 6.79. The summed E-state index contributed by atoms with van der Waals surface area (Å²) in [5, 5.41) is 12.8. The maximum Gasteiger partial charge on any atom is 0.273 e. The molecular formula is C21H21N5OS. The largest absolute Gasteiger partial charge is 0.350 e.